The molecule has 12 heavy (non-hydrogen) atoms. The van der Waals surface area contributed by atoms with E-state index in [1.54, 1.807) is 0 Å². The van der Waals surface area contributed by atoms with Crippen LogP contribution in [0.1, 0.15) is 27.2 Å². The molecule has 2 atom stereocenters. The lowest BCUT2D eigenvalue weighted by Crippen LogP contribution is -2.26. The number of likely N-dealkylation sites (tertiary alicyclic amines) is 1. The second-order valence-corrected chi connectivity index (χ2v) is 4.91. The molecular weight excluding hydrogens is 146 g/mol. The van der Waals surface area contributed by atoms with E-state index in [1.807, 2.05) is 0 Å². The molecule has 1 aliphatic heterocycles. The van der Waals surface area contributed by atoms with Crippen molar-refractivity contribution >= 4 is 0 Å². The minimum atomic E-state index is 0.934. The van der Waals surface area contributed by atoms with E-state index in [-0.39, 0.29) is 0 Å². The van der Waals surface area contributed by atoms with Gasteiger partial charge in [0.1, 0.15) is 0 Å². The number of piperidine rings is 1. The first-order valence-electron chi connectivity index (χ1n) is 5.46. The fourth-order valence-electron chi connectivity index (χ4n) is 3.15. The summed E-state index contributed by atoms with van der Waals surface area (Å²) in [6, 6.07) is 0. The lowest BCUT2D eigenvalue weighted by Gasteiger charge is -2.19. The third kappa shape index (κ3) is 1.28. The third-order valence-electron chi connectivity index (χ3n) is 3.65. The molecule has 1 saturated carbocycles. The van der Waals surface area contributed by atoms with Crippen molar-refractivity contribution in [3.05, 3.63) is 0 Å². The molecule has 2 unspecified atom stereocenters. The molecule has 2 fully saturated rings. The molecule has 70 valence electrons. The third-order valence-corrected chi connectivity index (χ3v) is 3.65. The van der Waals surface area contributed by atoms with E-state index >= 15 is 0 Å². The molecule has 0 radical (unpaired) electrons. The molecule has 1 heteroatoms. The van der Waals surface area contributed by atoms with E-state index in [1.165, 1.54) is 26.1 Å². The van der Waals surface area contributed by atoms with E-state index in [0.29, 0.717) is 0 Å². The van der Waals surface area contributed by atoms with Gasteiger partial charge in [-0.2, -0.15) is 0 Å². The first kappa shape index (κ1) is 8.55. The second-order valence-electron chi connectivity index (χ2n) is 4.91. The van der Waals surface area contributed by atoms with Crippen LogP contribution in [0.4, 0.5) is 0 Å². The Balaban J connectivity index is 1.78. The average molecular weight is 167 g/mol. The maximum absolute atomic E-state index is 2.65. The van der Waals surface area contributed by atoms with Crippen molar-refractivity contribution in [2.24, 2.45) is 23.7 Å². The molecule has 0 spiro atoms. The summed E-state index contributed by atoms with van der Waals surface area (Å²) < 4.78 is 0. The molecule has 0 aromatic carbocycles. The fraction of sp³-hybridized carbons (Fsp3) is 1.00. The van der Waals surface area contributed by atoms with E-state index in [0.717, 1.165) is 23.7 Å². The van der Waals surface area contributed by atoms with Crippen LogP contribution < -0.4 is 0 Å². The zero-order valence-electron chi connectivity index (χ0n) is 8.59. The Morgan fingerprint density at radius 3 is 2.25 bits per heavy atom. The molecule has 1 nitrogen and oxygen atoms in total. The van der Waals surface area contributed by atoms with Gasteiger partial charge in [-0.05, 0) is 36.6 Å². The Bertz CT molecular complexity index is 152. The molecule has 0 N–H and O–H groups in total. The monoisotopic (exact) mass is 167 g/mol. The predicted molar refractivity (Wildman–Crippen MR) is 52.0 cm³/mol. The van der Waals surface area contributed by atoms with Gasteiger partial charge in [0.25, 0.3) is 0 Å². The van der Waals surface area contributed by atoms with Gasteiger partial charge in [-0.15, -0.1) is 0 Å². The van der Waals surface area contributed by atoms with Crippen LogP contribution in [-0.2, 0) is 0 Å². The first-order chi connectivity index (χ1) is 5.74. The van der Waals surface area contributed by atoms with Crippen molar-refractivity contribution in [3.63, 3.8) is 0 Å². The minimum absolute atomic E-state index is 0.934. The summed E-state index contributed by atoms with van der Waals surface area (Å²) in [5.41, 5.74) is 0. The number of hydrogen-bond donors (Lipinski definition) is 0. The van der Waals surface area contributed by atoms with Gasteiger partial charge in [-0.25, -0.2) is 0 Å². The topological polar surface area (TPSA) is 3.24 Å². The Hall–Kier alpha value is -0.0400. The Kier molecular flexibility index (Phi) is 2.16. The molecule has 1 aliphatic carbocycles. The summed E-state index contributed by atoms with van der Waals surface area (Å²) in [5, 5.41) is 0. The van der Waals surface area contributed by atoms with Gasteiger partial charge in [0.05, 0.1) is 0 Å². The highest BCUT2D eigenvalue weighted by Crippen LogP contribution is 2.55. The van der Waals surface area contributed by atoms with Crippen LogP contribution >= 0.6 is 0 Å². The van der Waals surface area contributed by atoms with Gasteiger partial charge >= 0.3 is 0 Å². The Morgan fingerprint density at radius 2 is 1.83 bits per heavy atom. The summed E-state index contributed by atoms with van der Waals surface area (Å²) in [6.07, 6.45) is 1.33. The van der Waals surface area contributed by atoms with Crippen molar-refractivity contribution in [2.45, 2.75) is 27.2 Å². The summed E-state index contributed by atoms with van der Waals surface area (Å²) >= 11 is 0. The molecule has 0 aromatic heterocycles. The summed E-state index contributed by atoms with van der Waals surface area (Å²) in [6.45, 7) is 11.2. The first-order valence-corrected chi connectivity index (χ1v) is 5.46. The largest absolute Gasteiger partial charge is 0.303 e. The Morgan fingerprint density at radius 1 is 1.25 bits per heavy atom. The summed E-state index contributed by atoms with van der Waals surface area (Å²) in [5.74, 6) is 4.18. The maximum atomic E-state index is 2.65. The molecule has 2 aliphatic rings. The highest BCUT2D eigenvalue weighted by molar-refractivity contribution is 5.05. The molecule has 1 heterocycles. The highest BCUT2D eigenvalue weighted by atomic mass is 15.2. The number of rotatable bonds is 3. The van der Waals surface area contributed by atoms with Gasteiger partial charge < -0.3 is 4.90 Å². The zero-order chi connectivity index (χ0) is 8.72. The van der Waals surface area contributed by atoms with E-state index in [4.69, 9.17) is 0 Å². The molecule has 0 amide bonds. The Labute approximate surface area is 76.1 Å². The van der Waals surface area contributed by atoms with E-state index < -0.39 is 0 Å². The van der Waals surface area contributed by atoms with E-state index in [2.05, 4.69) is 25.7 Å². The lowest BCUT2D eigenvalue weighted by molar-refractivity contribution is 0.269. The van der Waals surface area contributed by atoms with Crippen LogP contribution in [0.3, 0.4) is 0 Å². The number of nitrogens with zero attached hydrogens (tertiary/aromatic N) is 1. The van der Waals surface area contributed by atoms with Crippen LogP contribution in [0, 0.1) is 23.7 Å². The fourth-order valence-corrected chi connectivity index (χ4v) is 3.15. The van der Waals surface area contributed by atoms with Crippen molar-refractivity contribution in [1.29, 1.82) is 0 Å². The van der Waals surface area contributed by atoms with Gasteiger partial charge in [-0.1, -0.05) is 20.8 Å². The molecule has 0 aromatic rings. The lowest BCUT2D eigenvalue weighted by atomic mass is 10.0. The minimum Gasteiger partial charge on any atom is -0.303 e. The zero-order valence-corrected chi connectivity index (χ0v) is 8.59. The van der Waals surface area contributed by atoms with Crippen molar-refractivity contribution in [3.8, 4) is 0 Å². The van der Waals surface area contributed by atoms with Crippen LogP contribution in [0.25, 0.3) is 0 Å². The standard InChI is InChI=1S/C11H21N/c1-4-5-12-6-9-10(7-12)11(9)8(2)3/h8-11H,4-7H2,1-3H3. The van der Waals surface area contributed by atoms with Crippen molar-refractivity contribution in [2.75, 3.05) is 19.6 Å². The molecule has 2 rings (SSSR count). The highest BCUT2D eigenvalue weighted by Gasteiger charge is 2.55. The second kappa shape index (κ2) is 3.02. The quantitative estimate of drug-likeness (QED) is 0.623. The number of hydrogen-bond acceptors (Lipinski definition) is 1. The smallest absolute Gasteiger partial charge is 0.00159 e. The predicted octanol–water partition coefficient (Wildman–Crippen LogP) is 2.23. The van der Waals surface area contributed by atoms with Crippen molar-refractivity contribution < 1.29 is 0 Å². The van der Waals surface area contributed by atoms with Crippen molar-refractivity contribution in [1.82, 2.24) is 4.90 Å². The molecule has 1 saturated heterocycles. The molecular formula is C11H21N. The van der Waals surface area contributed by atoms with Crippen LogP contribution in [0.15, 0.2) is 0 Å². The number of fused-ring (bicyclic) bond motifs is 1. The van der Waals surface area contributed by atoms with Crippen LogP contribution in [0.5, 0.6) is 0 Å². The average Bonchev–Trinajstić information content (AvgIpc) is 2.51. The normalized spacial score (nSPS) is 40.5. The van der Waals surface area contributed by atoms with Crippen LogP contribution in [0.2, 0.25) is 0 Å². The van der Waals surface area contributed by atoms with Gasteiger partial charge in [-0.3, -0.25) is 0 Å². The maximum Gasteiger partial charge on any atom is 0.00159 e. The SMILES string of the molecule is CCCN1CC2C(C1)C2C(C)C. The van der Waals surface area contributed by atoms with Gasteiger partial charge in [0.15, 0.2) is 0 Å². The van der Waals surface area contributed by atoms with E-state index in [9.17, 15) is 0 Å². The molecule has 0 bridgehead atoms. The van der Waals surface area contributed by atoms with Gasteiger partial charge in [0, 0.05) is 13.1 Å². The van der Waals surface area contributed by atoms with Crippen LogP contribution in [-0.4, -0.2) is 24.5 Å². The van der Waals surface area contributed by atoms with Gasteiger partial charge in [0.2, 0.25) is 0 Å². The summed E-state index contributed by atoms with van der Waals surface area (Å²) in [4.78, 5) is 2.65. The summed E-state index contributed by atoms with van der Waals surface area (Å²) in [7, 11) is 0.